The summed E-state index contributed by atoms with van der Waals surface area (Å²) < 4.78 is 124. The van der Waals surface area contributed by atoms with Crippen LogP contribution in [0.15, 0.2) is 0 Å². The van der Waals surface area contributed by atoms with Crippen molar-refractivity contribution in [2.24, 2.45) is 0 Å². The van der Waals surface area contributed by atoms with E-state index in [9.17, 15) is 53.5 Å². The van der Waals surface area contributed by atoms with Crippen LogP contribution in [-0.4, -0.2) is 51.8 Å². The van der Waals surface area contributed by atoms with Crippen LogP contribution >= 0.6 is 0 Å². The highest BCUT2D eigenvalue weighted by molar-refractivity contribution is 6.03. The van der Waals surface area contributed by atoms with Gasteiger partial charge in [0.2, 0.25) is 0 Å². The minimum Gasteiger partial charge on any atom is -0.478 e. The zero-order chi connectivity index (χ0) is 17.7. The summed E-state index contributed by atoms with van der Waals surface area (Å²) in [5.74, 6) is -30.5. The van der Waals surface area contributed by atoms with Gasteiger partial charge >= 0.3 is 41.6 Å². The molecular weight excluding hydrogens is 338 g/mol. The van der Waals surface area contributed by atoms with Crippen LogP contribution in [0.1, 0.15) is 0 Å². The van der Waals surface area contributed by atoms with Crippen molar-refractivity contribution in [1.29, 1.82) is 0 Å². The third-order valence-corrected chi connectivity index (χ3v) is 2.17. The fourth-order valence-electron chi connectivity index (χ4n) is 0.952. The second kappa shape index (κ2) is 4.62. The first-order valence-electron chi connectivity index (χ1n) is 4.25. The highest BCUT2D eigenvalue weighted by atomic mass is 19.4. The van der Waals surface area contributed by atoms with Gasteiger partial charge in [-0.25, -0.2) is 14.0 Å². The topological polar surface area (TPSA) is 74.6 Å². The van der Waals surface area contributed by atoms with Gasteiger partial charge in [-0.05, 0) is 0 Å². The summed E-state index contributed by atoms with van der Waals surface area (Å²) in [4.78, 5) is 20.1. The maximum atomic E-state index is 13.1. The second-order valence-electron chi connectivity index (χ2n) is 3.49. The summed E-state index contributed by atoms with van der Waals surface area (Å²) in [6.07, 6.45) is -7.34. The lowest BCUT2D eigenvalue weighted by Gasteiger charge is -2.37. The first kappa shape index (κ1) is 19.2. The predicted octanol–water partition coefficient (Wildman–Crippen LogP) is 2.33. The number of hydrogen-bond acceptors (Lipinski definition) is 2. The zero-order valence-electron chi connectivity index (χ0n) is 8.99. The number of carboxylic acid groups (broad SMARTS) is 2. The molecule has 21 heavy (non-hydrogen) atoms. The van der Waals surface area contributed by atoms with Gasteiger partial charge < -0.3 is 10.2 Å². The number of carboxylic acids is 2. The summed E-state index contributed by atoms with van der Waals surface area (Å²) in [5.41, 5.74) is -6.43. The Kier molecular flexibility index (Phi) is 4.24. The summed E-state index contributed by atoms with van der Waals surface area (Å²) in [7, 11) is 0. The Morgan fingerprint density at radius 2 is 0.857 bits per heavy atom. The Morgan fingerprint density at radius 3 is 1.05 bits per heavy atom. The smallest absolute Gasteiger partial charge is 0.460 e. The molecule has 0 atom stereocenters. The molecule has 0 aliphatic heterocycles. The SMILES string of the molecule is O=C(O)C(F)(C(=O)O)C(F)(F)C(F)(F)C(F)(F)C(F)(F)F. The second-order valence-corrected chi connectivity index (χ2v) is 3.49. The molecule has 0 saturated carbocycles. The van der Waals surface area contributed by atoms with Crippen molar-refractivity contribution in [3.05, 3.63) is 0 Å². The van der Waals surface area contributed by atoms with Crippen LogP contribution in [0, 0.1) is 0 Å². The monoisotopic (exact) mass is 340 g/mol. The van der Waals surface area contributed by atoms with E-state index in [4.69, 9.17) is 10.2 Å². The van der Waals surface area contributed by atoms with Crippen LogP contribution in [-0.2, 0) is 9.59 Å². The maximum absolute atomic E-state index is 13.1. The molecule has 0 spiro atoms. The molecule has 0 aromatic rings. The molecule has 0 aromatic heterocycles. The van der Waals surface area contributed by atoms with Gasteiger partial charge in [0.15, 0.2) is 0 Å². The summed E-state index contributed by atoms with van der Waals surface area (Å²) in [6, 6.07) is 0. The summed E-state index contributed by atoms with van der Waals surface area (Å²) in [6.45, 7) is 0. The van der Waals surface area contributed by atoms with Crippen molar-refractivity contribution >= 4 is 11.9 Å². The van der Waals surface area contributed by atoms with Crippen molar-refractivity contribution in [2.45, 2.75) is 29.6 Å². The van der Waals surface area contributed by atoms with Gasteiger partial charge in [0.05, 0.1) is 0 Å². The van der Waals surface area contributed by atoms with Crippen LogP contribution < -0.4 is 0 Å². The Bertz CT molecular complexity index is 439. The minimum atomic E-state index is -7.70. The molecule has 124 valence electrons. The lowest BCUT2D eigenvalue weighted by Crippen LogP contribution is -2.71. The van der Waals surface area contributed by atoms with E-state index in [1.165, 1.54) is 0 Å². The lowest BCUT2D eigenvalue weighted by atomic mass is 9.89. The van der Waals surface area contributed by atoms with Crippen LogP contribution in [0.5, 0.6) is 0 Å². The molecule has 0 amide bonds. The van der Waals surface area contributed by atoms with Crippen LogP contribution in [0.25, 0.3) is 0 Å². The van der Waals surface area contributed by atoms with Gasteiger partial charge in [-0.15, -0.1) is 0 Å². The fourth-order valence-corrected chi connectivity index (χ4v) is 0.952. The molecule has 0 saturated heterocycles. The molecule has 0 radical (unpaired) electrons. The largest absolute Gasteiger partial charge is 0.478 e. The molecule has 0 heterocycles. The van der Waals surface area contributed by atoms with Gasteiger partial charge in [0.25, 0.3) is 0 Å². The molecular formula is C7H2F10O4. The molecule has 14 heteroatoms. The Morgan fingerprint density at radius 1 is 0.571 bits per heavy atom. The third-order valence-electron chi connectivity index (χ3n) is 2.17. The minimum absolute atomic E-state index is 3.89. The molecule has 0 aromatic carbocycles. The van der Waals surface area contributed by atoms with E-state index >= 15 is 0 Å². The highest BCUT2D eigenvalue weighted by Gasteiger charge is 2.89. The standard InChI is InChI=1S/C7H2F10O4/c8-3(1(18)19,2(20)21)4(9,10)5(11,12)6(13,14)7(15,16)17/h(H,18,19)(H,20,21). The quantitative estimate of drug-likeness (QED) is 0.595. The third kappa shape index (κ3) is 2.25. The molecule has 2 N–H and O–H groups in total. The summed E-state index contributed by atoms with van der Waals surface area (Å²) >= 11 is 0. The van der Waals surface area contributed by atoms with Gasteiger partial charge in [-0.3, -0.25) is 0 Å². The first-order valence-corrected chi connectivity index (χ1v) is 4.25. The average Bonchev–Trinajstić information content (AvgIpc) is 2.24. The first-order chi connectivity index (χ1) is 8.89. The number of hydrogen-bond donors (Lipinski definition) is 2. The molecule has 0 unspecified atom stereocenters. The van der Waals surface area contributed by atoms with E-state index in [2.05, 4.69) is 0 Å². The number of carbonyl (C=O) groups is 2. The van der Waals surface area contributed by atoms with Crippen LogP contribution in [0.4, 0.5) is 43.9 Å². The maximum Gasteiger partial charge on any atom is 0.460 e. The molecule has 0 rings (SSSR count). The predicted molar refractivity (Wildman–Crippen MR) is 40.0 cm³/mol. The van der Waals surface area contributed by atoms with Crippen molar-refractivity contribution in [2.75, 3.05) is 0 Å². The Hall–Kier alpha value is -1.76. The van der Waals surface area contributed by atoms with E-state index in [1.54, 1.807) is 0 Å². The fraction of sp³-hybridized carbons (Fsp3) is 0.714. The Balaban J connectivity index is 6.36. The normalized spacial score (nSPS) is 15.0. The van der Waals surface area contributed by atoms with Crippen LogP contribution in [0.3, 0.4) is 0 Å². The number of rotatable bonds is 5. The van der Waals surface area contributed by atoms with Crippen molar-refractivity contribution in [1.82, 2.24) is 0 Å². The molecule has 0 aliphatic rings. The van der Waals surface area contributed by atoms with Crippen molar-refractivity contribution < 1.29 is 63.7 Å². The number of halogens is 10. The van der Waals surface area contributed by atoms with E-state index < -0.39 is 41.6 Å². The van der Waals surface area contributed by atoms with Gasteiger partial charge in [-0.1, -0.05) is 0 Å². The Labute approximate surface area is 106 Å². The molecule has 0 fully saturated rings. The molecule has 0 aliphatic carbocycles. The zero-order valence-corrected chi connectivity index (χ0v) is 8.99. The van der Waals surface area contributed by atoms with E-state index in [0.717, 1.165) is 0 Å². The van der Waals surface area contributed by atoms with E-state index in [1.807, 2.05) is 0 Å². The number of aliphatic carboxylic acids is 2. The van der Waals surface area contributed by atoms with Crippen LogP contribution in [0.2, 0.25) is 0 Å². The highest BCUT2D eigenvalue weighted by Crippen LogP contribution is 2.56. The van der Waals surface area contributed by atoms with Gasteiger partial charge in [0, 0.05) is 0 Å². The van der Waals surface area contributed by atoms with Crippen molar-refractivity contribution in [3.63, 3.8) is 0 Å². The summed E-state index contributed by atoms with van der Waals surface area (Å²) in [5, 5.41) is 15.8. The average molecular weight is 340 g/mol. The lowest BCUT2D eigenvalue weighted by molar-refractivity contribution is -0.407. The van der Waals surface area contributed by atoms with E-state index in [-0.39, 0.29) is 0 Å². The molecule has 0 bridgehead atoms. The number of alkyl halides is 10. The molecule has 4 nitrogen and oxygen atoms in total. The van der Waals surface area contributed by atoms with Gasteiger partial charge in [0.1, 0.15) is 0 Å². The van der Waals surface area contributed by atoms with Gasteiger partial charge in [-0.2, -0.15) is 39.5 Å². The van der Waals surface area contributed by atoms with Crippen molar-refractivity contribution in [3.8, 4) is 0 Å². The van der Waals surface area contributed by atoms with E-state index in [0.29, 0.717) is 0 Å².